The maximum atomic E-state index is 8.66. The van der Waals surface area contributed by atoms with Gasteiger partial charge in [0.2, 0.25) is 0 Å². The van der Waals surface area contributed by atoms with Crippen molar-refractivity contribution >= 4 is 5.69 Å². The van der Waals surface area contributed by atoms with Crippen molar-refractivity contribution in [3.05, 3.63) is 29.3 Å². The fourth-order valence-electron chi connectivity index (χ4n) is 1.86. The third-order valence-electron chi connectivity index (χ3n) is 2.54. The van der Waals surface area contributed by atoms with Gasteiger partial charge in [0.05, 0.1) is 6.61 Å². The molecule has 0 amide bonds. The number of aliphatic hydroxyl groups excluding tert-OH is 1. The highest BCUT2D eigenvalue weighted by Gasteiger charge is 2.12. The molecule has 0 unspecified atom stereocenters. The summed E-state index contributed by atoms with van der Waals surface area (Å²) in [6, 6.07) is 6.40. The lowest BCUT2D eigenvalue weighted by Crippen LogP contribution is -2.18. The third kappa shape index (κ3) is 1.89. The molecule has 0 fully saturated rings. The van der Waals surface area contributed by atoms with E-state index in [0.717, 1.165) is 19.5 Å². The Kier molecular flexibility index (Phi) is 3.01. The molecule has 0 bridgehead atoms. The predicted molar refractivity (Wildman–Crippen MR) is 57.4 cm³/mol. The van der Waals surface area contributed by atoms with Gasteiger partial charge in [-0.25, -0.2) is 0 Å². The molecule has 3 heteroatoms. The summed E-state index contributed by atoms with van der Waals surface area (Å²) in [5.41, 5.74) is 4.00. The summed E-state index contributed by atoms with van der Waals surface area (Å²) in [7, 11) is 0. The summed E-state index contributed by atoms with van der Waals surface area (Å²) in [6.45, 7) is 2.73. The van der Waals surface area contributed by atoms with E-state index >= 15 is 0 Å². The van der Waals surface area contributed by atoms with E-state index < -0.39 is 0 Å². The number of fused-ring (bicyclic) bond motifs is 1. The van der Waals surface area contributed by atoms with Crippen LogP contribution in [0.15, 0.2) is 18.2 Å². The Morgan fingerprint density at radius 3 is 3.21 bits per heavy atom. The third-order valence-corrected chi connectivity index (χ3v) is 2.54. The van der Waals surface area contributed by atoms with Crippen LogP contribution in [0.25, 0.3) is 0 Å². The van der Waals surface area contributed by atoms with Crippen LogP contribution in [0.1, 0.15) is 11.1 Å². The molecule has 3 N–H and O–H groups in total. The van der Waals surface area contributed by atoms with E-state index in [1.54, 1.807) is 0 Å². The highest BCUT2D eigenvalue weighted by Crippen LogP contribution is 2.25. The minimum atomic E-state index is 0.197. The van der Waals surface area contributed by atoms with Crippen LogP contribution in [-0.4, -0.2) is 24.8 Å². The molecule has 3 nitrogen and oxygen atoms in total. The largest absolute Gasteiger partial charge is 0.395 e. The first-order chi connectivity index (χ1) is 6.92. The van der Waals surface area contributed by atoms with Crippen molar-refractivity contribution in [2.24, 2.45) is 0 Å². The number of benzene rings is 1. The molecule has 1 aromatic rings. The van der Waals surface area contributed by atoms with Crippen LogP contribution >= 0.6 is 0 Å². The maximum Gasteiger partial charge on any atom is 0.0556 e. The van der Waals surface area contributed by atoms with Gasteiger partial charge in [0, 0.05) is 25.3 Å². The van der Waals surface area contributed by atoms with Gasteiger partial charge in [0.15, 0.2) is 0 Å². The number of aliphatic hydroxyl groups is 1. The topological polar surface area (TPSA) is 44.3 Å². The molecule has 0 radical (unpaired) electrons. The number of hydrogen-bond donors (Lipinski definition) is 3. The second-order valence-corrected chi connectivity index (χ2v) is 3.53. The molecule has 0 aromatic heterocycles. The van der Waals surface area contributed by atoms with E-state index in [2.05, 4.69) is 28.8 Å². The van der Waals surface area contributed by atoms with Crippen LogP contribution in [0.4, 0.5) is 5.69 Å². The van der Waals surface area contributed by atoms with Crippen LogP contribution in [-0.2, 0) is 13.0 Å². The van der Waals surface area contributed by atoms with E-state index in [9.17, 15) is 0 Å². The van der Waals surface area contributed by atoms with Crippen molar-refractivity contribution in [3.8, 4) is 0 Å². The lowest BCUT2D eigenvalue weighted by molar-refractivity contribution is 0.292. The molecule has 2 rings (SSSR count). The maximum absolute atomic E-state index is 8.66. The zero-order chi connectivity index (χ0) is 9.80. The van der Waals surface area contributed by atoms with Gasteiger partial charge in [-0.3, -0.25) is 0 Å². The van der Waals surface area contributed by atoms with Crippen LogP contribution in [0.3, 0.4) is 0 Å². The summed E-state index contributed by atoms with van der Waals surface area (Å²) in [5.74, 6) is 0. The highest BCUT2D eigenvalue weighted by molar-refractivity contribution is 5.61. The first kappa shape index (κ1) is 9.49. The zero-order valence-corrected chi connectivity index (χ0v) is 8.21. The van der Waals surface area contributed by atoms with E-state index in [1.807, 2.05) is 0 Å². The molecule has 0 atom stereocenters. The van der Waals surface area contributed by atoms with Gasteiger partial charge in [0.25, 0.3) is 0 Å². The summed E-state index contributed by atoms with van der Waals surface area (Å²) >= 11 is 0. The van der Waals surface area contributed by atoms with Crippen molar-refractivity contribution in [1.29, 1.82) is 0 Å². The van der Waals surface area contributed by atoms with E-state index in [1.165, 1.54) is 16.8 Å². The lowest BCUT2D eigenvalue weighted by atomic mass is 10.1. The molecule has 76 valence electrons. The average Bonchev–Trinajstić information content (AvgIpc) is 2.67. The van der Waals surface area contributed by atoms with Gasteiger partial charge >= 0.3 is 0 Å². The number of nitrogens with one attached hydrogen (secondary N) is 2. The van der Waals surface area contributed by atoms with Crippen LogP contribution in [0, 0.1) is 0 Å². The Morgan fingerprint density at radius 2 is 2.36 bits per heavy atom. The fourth-order valence-corrected chi connectivity index (χ4v) is 1.86. The minimum Gasteiger partial charge on any atom is -0.395 e. The van der Waals surface area contributed by atoms with Crippen LogP contribution in [0.5, 0.6) is 0 Å². The first-order valence-corrected chi connectivity index (χ1v) is 5.08. The van der Waals surface area contributed by atoms with Gasteiger partial charge in [0.1, 0.15) is 0 Å². The van der Waals surface area contributed by atoms with E-state index in [-0.39, 0.29) is 6.61 Å². The molecule has 1 heterocycles. The molecule has 0 saturated heterocycles. The molecule has 14 heavy (non-hydrogen) atoms. The highest BCUT2D eigenvalue weighted by atomic mass is 16.3. The molecule has 0 spiro atoms. The van der Waals surface area contributed by atoms with Gasteiger partial charge < -0.3 is 15.7 Å². The summed E-state index contributed by atoms with van der Waals surface area (Å²) in [4.78, 5) is 0. The molecule has 1 aliphatic heterocycles. The van der Waals surface area contributed by atoms with E-state index in [4.69, 9.17) is 5.11 Å². The van der Waals surface area contributed by atoms with E-state index in [0.29, 0.717) is 6.54 Å². The Bertz CT molecular complexity index is 312. The summed E-state index contributed by atoms with van der Waals surface area (Å²) in [6.07, 6.45) is 1.13. The molecule has 0 aliphatic carbocycles. The Hall–Kier alpha value is -1.06. The van der Waals surface area contributed by atoms with Crippen molar-refractivity contribution in [2.45, 2.75) is 13.0 Å². The minimum absolute atomic E-state index is 0.197. The quantitative estimate of drug-likeness (QED) is 0.616. The van der Waals surface area contributed by atoms with Gasteiger partial charge in [-0.05, 0) is 17.5 Å². The number of rotatable bonds is 4. The smallest absolute Gasteiger partial charge is 0.0556 e. The van der Waals surface area contributed by atoms with Gasteiger partial charge in [-0.1, -0.05) is 18.2 Å². The number of hydrogen-bond acceptors (Lipinski definition) is 3. The summed E-state index contributed by atoms with van der Waals surface area (Å²) < 4.78 is 0. The van der Waals surface area contributed by atoms with Crippen molar-refractivity contribution in [3.63, 3.8) is 0 Å². The van der Waals surface area contributed by atoms with Gasteiger partial charge in [-0.15, -0.1) is 0 Å². The zero-order valence-electron chi connectivity index (χ0n) is 8.21. The standard InChI is InChI=1S/C11H16N2O/c14-7-6-12-8-10-3-1-2-9-4-5-13-11(9)10/h1-3,12-14H,4-8H2. The predicted octanol–water partition coefficient (Wildman–Crippen LogP) is 0.736. The Balaban J connectivity index is 2.06. The number of para-hydroxylation sites is 1. The van der Waals surface area contributed by atoms with Crippen molar-refractivity contribution < 1.29 is 5.11 Å². The molecule has 1 aliphatic rings. The SMILES string of the molecule is OCCNCc1cccc2c1NCC2. The molecular formula is C11H16N2O. The molecular weight excluding hydrogens is 176 g/mol. The number of anilines is 1. The normalized spacial score (nSPS) is 13.8. The lowest BCUT2D eigenvalue weighted by Gasteiger charge is -2.09. The van der Waals surface area contributed by atoms with Crippen molar-refractivity contribution in [2.75, 3.05) is 25.0 Å². The fraction of sp³-hybridized carbons (Fsp3) is 0.455. The second-order valence-electron chi connectivity index (χ2n) is 3.53. The first-order valence-electron chi connectivity index (χ1n) is 5.08. The van der Waals surface area contributed by atoms with Gasteiger partial charge in [-0.2, -0.15) is 0 Å². The Labute approximate surface area is 84.1 Å². The van der Waals surface area contributed by atoms with Crippen LogP contribution < -0.4 is 10.6 Å². The second kappa shape index (κ2) is 4.44. The molecule has 1 aromatic carbocycles. The van der Waals surface area contributed by atoms with Crippen molar-refractivity contribution in [1.82, 2.24) is 5.32 Å². The monoisotopic (exact) mass is 192 g/mol. The average molecular weight is 192 g/mol. The van der Waals surface area contributed by atoms with Crippen LogP contribution in [0.2, 0.25) is 0 Å². The Morgan fingerprint density at radius 1 is 1.43 bits per heavy atom. The molecule has 0 saturated carbocycles. The summed E-state index contributed by atoms with van der Waals surface area (Å²) in [5, 5.41) is 15.2.